The Morgan fingerprint density at radius 3 is 2.30 bits per heavy atom. The number of halogens is 1. The van der Waals surface area contributed by atoms with Crippen LogP contribution in [0.2, 0.25) is 5.15 Å². The van der Waals surface area contributed by atoms with Gasteiger partial charge in [-0.05, 0) is 79.8 Å². The molecular formula is C45H54ClN5O3. The number of aryl methyl sites for hydroxylation is 1. The van der Waals surface area contributed by atoms with Crippen LogP contribution in [0.4, 0.5) is 11.4 Å². The van der Waals surface area contributed by atoms with E-state index in [4.69, 9.17) is 26.1 Å². The fourth-order valence-electron chi connectivity index (χ4n) is 7.35. The van der Waals surface area contributed by atoms with Crippen molar-refractivity contribution in [3.63, 3.8) is 0 Å². The number of carbonyl (C=O) groups excluding carboxylic acids is 1. The summed E-state index contributed by atoms with van der Waals surface area (Å²) in [6.07, 6.45) is 5.07. The van der Waals surface area contributed by atoms with Gasteiger partial charge < -0.3 is 23.8 Å². The normalized spacial score (nSPS) is 13.2. The van der Waals surface area contributed by atoms with Crippen molar-refractivity contribution in [3.05, 3.63) is 131 Å². The number of para-hydroxylation sites is 3. The molecule has 4 aromatic carbocycles. The maximum absolute atomic E-state index is 13.3. The van der Waals surface area contributed by atoms with Gasteiger partial charge in [0, 0.05) is 51.4 Å². The van der Waals surface area contributed by atoms with Gasteiger partial charge in [-0.15, -0.1) is 0 Å². The van der Waals surface area contributed by atoms with Crippen LogP contribution in [0.5, 0.6) is 5.75 Å². The first kappa shape index (κ1) is 38.9. The van der Waals surface area contributed by atoms with Crippen LogP contribution in [-0.2, 0) is 24.2 Å². The van der Waals surface area contributed by atoms with E-state index in [1.165, 1.54) is 11.4 Å². The molecular weight excluding hydrogens is 694 g/mol. The number of anilines is 2. The van der Waals surface area contributed by atoms with Gasteiger partial charge in [0.25, 0.3) is 0 Å². The van der Waals surface area contributed by atoms with E-state index in [1.807, 2.05) is 61.5 Å². The zero-order chi connectivity index (χ0) is 37.7. The first-order chi connectivity index (χ1) is 26.5. The number of rotatable bonds is 18. The molecule has 1 aromatic heterocycles. The smallest absolute Gasteiger partial charge is 0.338 e. The molecule has 0 aliphatic carbocycles. The van der Waals surface area contributed by atoms with Crippen LogP contribution < -0.4 is 14.5 Å². The van der Waals surface area contributed by atoms with E-state index in [-0.39, 0.29) is 5.97 Å². The average molecular weight is 748 g/mol. The van der Waals surface area contributed by atoms with Crippen molar-refractivity contribution >= 4 is 28.9 Å². The van der Waals surface area contributed by atoms with Gasteiger partial charge >= 0.3 is 5.97 Å². The number of benzene rings is 4. The Bertz CT molecular complexity index is 1920. The third-order valence-electron chi connectivity index (χ3n) is 10.3. The van der Waals surface area contributed by atoms with Gasteiger partial charge in [-0.1, -0.05) is 97.7 Å². The van der Waals surface area contributed by atoms with Crippen molar-refractivity contribution < 1.29 is 14.3 Å². The summed E-state index contributed by atoms with van der Waals surface area (Å²) in [7, 11) is 1.74. The van der Waals surface area contributed by atoms with Crippen molar-refractivity contribution in [1.82, 2.24) is 14.5 Å². The first-order valence-electron chi connectivity index (χ1n) is 19.5. The lowest BCUT2D eigenvalue weighted by Gasteiger charge is -2.36. The van der Waals surface area contributed by atoms with Crippen molar-refractivity contribution in [2.24, 2.45) is 0 Å². The van der Waals surface area contributed by atoms with Crippen LogP contribution in [0.3, 0.4) is 0 Å². The van der Waals surface area contributed by atoms with E-state index in [0.717, 1.165) is 105 Å². The molecule has 0 saturated carbocycles. The topological polar surface area (TPSA) is 63.1 Å². The molecule has 1 saturated heterocycles. The lowest BCUT2D eigenvalue weighted by atomic mass is 9.97. The molecule has 0 N–H and O–H groups in total. The predicted molar refractivity (Wildman–Crippen MR) is 221 cm³/mol. The molecule has 0 bridgehead atoms. The van der Waals surface area contributed by atoms with Gasteiger partial charge in [0.05, 0.1) is 37.2 Å². The molecule has 0 atom stereocenters. The summed E-state index contributed by atoms with van der Waals surface area (Å²) < 4.78 is 13.4. The summed E-state index contributed by atoms with van der Waals surface area (Å²) in [6.45, 7) is 11.6. The van der Waals surface area contributed by atoms with Crippen molar-refractivity contribution in [3.8, 4) is 16.9 Å². The molecule has 6 rings (SSSR count). The molecule has 0 spiro atoms. The van der Waals surface area contributed by atoms with E-state index >= 15 is 0 Å². The van der Waals surface area contributed by atoms with Crippen LogP contribution in [0.1, 0.15) is 67.0 Å². The second kappa shape index (κ2) is 19.5. The van der Waals surface area contributed by atoms with E-state index in [2.05, 4.69) is 74.7 Å². The van der Waals surface area contributed by atoms with Crippen LogP contribution in [0, 0.1) is 0 Å². The number of carbonyl (C=O) groups is 1. The number of hydrogen-bond acceptors (Lipinski definition) is 7. The lowest BCUT2D eigenvalue weighted by molar-refractivity contribution is 0.0527. The number of aromatic nitrogens is 2. The Morgan fingerprint density at radius 2 is 1.57 bits per heavy atom. The Hall–Kier alpha value is -4.79. The maximum Gasteiger partial charge on any atom is 0.338 e. The van der Waals surface area contributed by atoms with Gasteiger partial charge in [-0.3, -0.25) is 4.90 Å². The molecule has 0 amide bonds. The second-order valence-corrected chi connectivity index (χ2v) is 14.2. The Morgan fingerprint density at radius 1 is 0.852 bits per heavy atom. The fraction of sp³-hybridized carbons (Fsp3) is 0.378. The molecule has 1 aliphatic heterocycles. The fourth-order valence-corrected chi connectivity index (χ4v) is 7.61. The predicted octanol–water partition coefficient (Wildman–Crippen LogP) is 9.39. The summed E-state index contributed by atoms with van der Waals surface area (Å²) in [6, 6.07) is 35.0. The SMILES string of the molecule is CCCCc1nc(Cl)c(CN(CCCCN2CCN(c3ccccc3OC)CC2)c2ccccc2)n1Cc1ccc(-c2ccccc2)c(C(=O)OCC)c1. The highest BCUT2D eigenvalue weighted by Gasteiger charge is 2.22. The summed E-state index contributed by atoms with van der Waals surface area (Å²) in [4.78, 5) is 25.7. The molecule has 8 nitrogen and oxygen atoms in total. The first-order valence-corrected chi connectivity index (χ1v) is 19.9. The van der Waals surface area contributed by atoms with Gasteiger partial charge in [0.2, 0.25) is 0 Å². The maximum atomic E-state index is 13.3. The van der Waals surface area contributed by atoms with Crippen molar-refractivity contribution in [2.75, 3.05) is 62.8 Å². The standard InChI is InChI=1S/C45H54ClN5O3/c1-4-6-23-43-47-44(46)41(51(43)33-35-24-25-38(36-17-9-7-10-18-36)39(32-35)45(52)54-5-2)34-50(37-19-11-8-12-20-37)27-16-15-26-48-28-30-49(31-29-48)40-21-13-14-22-42(40)53-3/h7-14,17-22,24-25,32H,4-6,15-16,23,26-31,33-34H2,1-3H3. The summed E-state index contributed by atoms with van der Waals surface area (Å²) in [5.41, 5.74) is 6.75. The summed E-state index contributed by atoms with van der Waals surface area (Å²) >= 11 is 7.04. The number of piperazine rings is 1. The van der Waals surface area contributed by atoms with Crippen LogP contribution in [0.15, 0.2) is 103 Å². The van der Waals surface area contributed by atoms with Crippen LogP contribution in [-0.4, -0.2) is 73.4 Å². The Labute approximate surface area is 326 Å². The van der Waals surface area contributed by atoms with Gasteiger partial charge in [-0.25, -0.2) is 9.78 Å². The number of ether oxygens (including phenoxy) is 2. The van der Waals surface area contributed by atoms with Gasteiger partial charge in [-0.2, -0.15) is 0 Å². The van der Waals surface area contributed by atoms with E-state index in [9.17, 15) is 4.79 Å². The number of hydrogen-bond donors (Lipinski definition) is 0. The third kappa shape index (κ3) is 9.84. The Kier molecular flexibility index (Phi) is 14.1. The molecule has 284 valence electrons. The number of imidazole rings is 1. The van der Waals surface area contributed by atoms with E-state index < -0.39 is 0 Å². The molecule has 1 aliphatic rings. The summed E-state index contributed by atoms with van der Waals surface area (Å²) in [5.74, 6) is 1.59. The van der Waals surface area contributed by atoms with E-state index in [1.54, 1.807) is 7.11 Å². The second-order valence-electron chi connectivity index (χ2n) is 13.9. The van der Waals surface area contributed by atoms with Crippen LogP contribution in [0.25, 0.3) is 11.1 Å². The minimum absolute atomic E-state index is 0.315. The molecule has 54 heavy (non-hydrogen) atoms. The largest absolute Gasteiger partial charge is 0.495 e. The lowest BCUT2D eigenvalue weighted by Crippen LogP contribution is -2.46. The Balaban J connectivity index is 1.18. The quantitative estimate of drug-likeness (QED) is 0.0654. The molecule has 2 heterocycles. The monoisotopic (exact) mass is 747 g/mol. The van der Waals surface area contributed by atoms with E-state index in [0.29, 0.717) is 30.4 Å². The van der Waals surface area contributed by atoms with Crippen LogP contribution >= 0.6 is 11.6 Å². The number of esters is 1. The van der Waals surface area contributed by atoms with Crippen molar-refractivity contribution in [2.45, 2.75) is 59.0 Å². The molecule has 0 radical (unpaired) electrons. The number of methoxy groups -OCH3 is 1. The summed E-state index contributed by atoms with van der Waals surface area (Å²) in [5, 5.41) is 0.543. The zero-order valence-corrected chi connectivity index (χ0v) is 32.8. The molecule has 5 aromatic rings. The highest BCUT2D eigenvalue weighted by Crippen LogP contribution is 2.30. The minimum atomic E-state index is -0.318. The minimum Gasteiger partial charge on any atom is -0.495 e. The third-order valence-corrected chi connectivity index (χ3v) is 10.6. The molecule has 0 unspecified atom stereocenters. The molecule has 9 heteroatoms. The zero-order valence-electron chi connectivity index (χ0n) is 32.1. The average Bonchev–Trinajstić information content (AvgIpc) is 3.51. The highest BCUT2D eigenvalue weighted by atomic mass is 35.5. The number of unbranched alkanes of at least 4 members (excludes halogenated alkanes) is 2. The van der Waals surface area contributed by atoms with Crippen molar-refractivity contribution in [1.29, 1.82) is 0 Å². The number of nitrogens with zero attached hydrogens (tertiary/aromatic N) is 5. The molecule has 1 fully saturated rings. The van der Waals surface area contributed by atoms with Gasteiger partial charge in [0.1, 0.15) is 11.6 Å². The highest BCUT2D eigenvalue weighted by molar-refractivity contribution is 6.30. The van der Waals surface area contributed by atoms with Gasteiger partial charge in [0.15, 0.2) is 5.15 Å².